The molecule has 0 aliphatic rings. The van der Waals surface area contributed by atoms with Gasteiger partial charge in [0.15, 0.2) is 0 Å². The second-order valence-electron chi connectivity index (χ2n) is 4.16. The molecule has 0 spiro atoms. The molecule has 4 nitrogen and oxygen atoms in total. The average molecular weight is 311 g/mol. The van der Waals surface area contributed by atoms with Crippen LogP contribution in [0.2, 0.25) is 0 Å². The highest BCUT2D eigenvalue weighted by atomic mass is 79.9. The van der Waals surface area contributed by atoms with Gasteiger partial charge in [-0.25, -0.2) is 0 Å². The van der Waals surface area contributed by atoms with Crippen molar-refractivity contribution in [3.8, 4) is 5.75 Å². The molecule has 0 radical (unpaired) electrons. The Morgan fingerprint density at radius 3 is 2.72 bits per heavy atom. The lowest BCUT2D eigenvalue weighted by atomic mass is 10.2. The molecule has 0 aliphatic carbocycles. The monoisotopic (exact) mass is 310 g/mol. The van der Waals surface area contributed by atoms with Gasteiger partial charge in [-0.1, -0.05) is 17.7 Å². The van der Waals surface area contributed by atoms with Gasteiger partial charge in [-0.3, -0.25) is 4.68 Å². The molecule has 0 saturated carbocycles. The van der Waals surface area contributed by atoms with E-state index in [0.29, 0.717) is 6.54 Å². The van der Waals surface area contributed by atoms with E-state index in [1.165, 1.54) is 5.56 Å². The van der Waals surface area contributed by atoms with Gasteiger partial charge in [-0.05, 0) is 35.0 Å². The van der Waals surface area contributed by atoms with E-state index in [4.69, 9.17) is 4.74 Å². The molecule has 0 unspecified atom stereocenters. The maximum absolute atomic E-state index is 9.83. The van der Waals surface area contributed by atoms with Crippen molar-refractivity contribution in [2.24, 2.45) is 0 Å². The number of benzene rings is 1. The van der Waals surface area contributed by atoms with Crippen molar-refractivity contribution >= 4 is 15.9 Å². The van der Waals surface area contributed by atoms with Gasteiger partial charge < -0.3 is 9.84 Å². The molecule has 18 heavy (non-hydrogen) atoms. The Balaban J connectivity index is 1.81. The lowest BCUT2D eigenvalue weighted by Crippen LogP contribution is -2.23. The van der Waals surface area contributed by atoms with Crippen molar-refractivity contribution in [2.75, 3.05) is 6.61 Å². The zero-order valence-corrected chi connectivity index (χ0v) is 11.7. The van der Waals surface area contributed by atoms with Gasteiger partial charge in [0.1, 0.15) is 18.5 Å². The van der Waals surface area contributed by atoms with Crippen LogP contribution in [0.4, 0.5) is 0 Å². The topological polar surface area (TPSA) is 47.3 Å². The third-order valence-corrected chi connectivity index (χ3v) is 2.87. The minimum atomic E-state index is -0.585. The Morgan fingerprint density at radius 1 is 1.39 bits per heavy atom. The van der Waals surface area contributed by atoms with Crippen molar-refractivity contribution in [3.63, 3.8) is 0 Å². The molecular formula is C13H15BrN2O2. The predicted molar refractivity (Wildman–Crippen MR) is 72.6 cm³/mol. The van der Waals surface area contributed by atoms with Crippen LogP contribution in [0.5, 0.6) is 5.75 Å². The molecule has 0 aliphatic heterocycles. The quantitative estimate of drug-likeness (QED) is 0.922. The Kier molecular flexibility index (Phi) is 4.38. The Labute approximate surface area is 114 Å². The first-order chi connectivity index (χ1) is 8.63. The number of aliphatic hydroxyl groups is 1. The molecule has 0 saturated heterocycles. The van der Waals surface area contributed by atoms with Crippen LogP contribution in [0.25, 0.3) is 0 Å². The van der Waals surface area contributed by atoms with Crippen molar-refractivity contribution in [1.82, 2.24) is 9.78 Å². The van der Waals surface area contributed by atoms with Gasteiger partial charge in [-0.2, -0.15) is 5.10 Å². The second-order valence-corrected chi connectivity index (χ2v) is 5.07. The smallest absolute Gasteiger partial charge is 0.119 e. The first-order valence-corrected chi connectivity index (χ1v) is 6.48. The summed E-state index contributed by atoms with van der Waals surface area (Å²) in [4.78, 5) is 0. The molecule has 1 heterocycles. The number of aryl methyl sites for hydroxylation is 1. The van der Waals surface area contributed by atoms with Crippen LogP contribution >= 0.6 is 15.9 Å². The van der Waals surface area contributed by atoms with E-state index in [2.05, 4.69) is 21.0 Å². The lowest BCUT2D eigenvalue weighted by molar-refractivity contribution is 0.0893. The predicted octanol–water partition coefficient (Wildman–Crippen LogP) is 2.39. The molecule has 2 rings (SSSR count). The zero-order valence-electron chi connectivity index (χ0n) is 10.1. The molecule has 1 aromatic carbocycles. The molecule has 96 valence electrons. The van der Waals surface area contributed by atoms with E-state index in [0.717, 1.165) is 10.2 Å². The summed E-state index contributed by atoms with van der Waals surface area (Å²) in [6.45, 7) is 2.69. The van der Waals surface area contributed by atoms with Gasteiger partial charge in [0.05, 0.1) is 17.2 Å². The Hall–Kier alpha value is -1.33. The van der Waals surface area contributed by atoms with E-state index < -0.39 is 6.10 Å². The molecule has 1 N–H and O–H groups in total. The SMILES string of the molecule is Cc1ccc(OC[C@H](O)Cn2cc(Br)cn2)cc1. The van der Waals surface area contributed by atoms with E-state index in [9.17, 15) is 5.11 Å². The number of hydrogen-bond acceptors (Lipinski definition) is 3. The molecule has 0 amide bonds. The number of hydrogen-bond donors (Lipinski definition) is 1. The van der Waals surface area contributed by atoms with Crippen LogP contribution in [0.15, 0.2) is 41.1 Å². The van der Waals surface area contributed by atoms with Crippen LogP contribution in [-0.2, 0) is 6.54 Å². The summed E-state index contributed by atoms with van der Waals surface area (Å²) in [5.41, 5.74) is 1.18. The zero-order chi connectivity index (χ0) is 13.0. The third kappa shape index (κ3) is 3.85. The van der Waals surface area contributed by atoms with E-state index >= 15 is 0 Å². The van der Waals surface area contributed by atoms with Crippen molar-refractivity contribution in [3.05, 3.63) is 46.7 Å². The van der Waals surface area contributed by atoms with Gasteiger partial charge >= 0.3 is 0 Å². The maximum atomic E-state index is 9.83. The van der Waals surface area contributed by atoms with E-state index in [-0.39, 0.29) is 6.61 Å². The molecule has 0 fully saturated rings. The van der Waals surface area contributed by atoms with Gasteiger partial charge in [0, 0.05) is 6.20 Å². The molecule has 1 aromatic heterocycles. The number of aromatic nitrogens is 2. The van der Waals surface area contributed by atoms with Crippen LogP contribution < -0.4 is 4.74 Å². The molecule has 2 aromatic rings. The fourth-order valence-electron chi connectivity index (χ4n) is 1.53. The van der Waals surface area contributed by atoms with Crippen LogP contribution in [0.1, 0.15) is 5.56 Å². The summed E-state index contributed by atoms with van der Waals surface area (Å²) in [5.74, 6) is 0.765. The van der Waals surface area contributed by atoms with Gasteiger partial charge in [0.25, 0.3) is 0 Å². The minimum Gasteiger partial charge on any atom is -0.491 e. The summed E-state index contributed by atoms with van der Waals surface area (Å²) < 4.78 is 8.07. The Bertz CT molecular complexity index is 496. The largest absolute Gasteiger partial charge is 0.491 e. The fourth-order valence-corrected chi connectivity index (χ4v) is 1.86. The Morgan fingerprint density at radius 2 is 2.11 bits per heavy atom. The number of nitrogens with zero attached hydrogens (tertiary/aromatic N) is 2. The van der Waals surface area contributed by atoms with Crippen LogP contribution in [0.3, 0.4) is 0 Å². The summed E-state index contributed by atoms with van der Waals surface area (Å²) >= 11 is 3.31. The maximum Gasteiger partial charge on any atom is 0.119 e. The van der Waals surface area contributed by atoms with E-state index in [1.807, 2.05) is 37.4 Å². The highest BCUT2D eigenvalue weighted by molar-refractivity contribution is 9.10. The third-order valence-electron chi connectivity index (χ3n) is 2.46. The van der Waals surface area contributed by atoms with Crippen molar-refractivity contribution < 1.29 is 9.84 Å². The molecule has 0 bridgehead atoms. The first kappa shape index (κ1) is 13.1. The normalized spacial score (nSPS) is 12.4. The minimum absolute atomic E-state index is 0.251. The number of aliphatic hydroxyl groups excluding tert-OH is 1. The summed E-state index contributed by atoms with van der Waals surface area (Å²) in [5, 5.41) is 13.9. The van der Waals surface area contributed by atoms with Gasteiger partial charge in [0.2, 0.25) is 0 Å². The summed E-state index contributed by atoms with van der Waals surface area (Å²) in [6, 6.07) is 7.75. The molecule has 1 atom stereocenters. The second kappa shape index (κ2) is 6.02. The average Bonchev–Trinajstić information content (AvgIpc) is 2.74. The number of rotatable bonds is 5. The number of ether oxygens (including phenoxy) is 1. The highest BCUT2D eigenvalue weighted by Crippen LogP contribution is 2.12. The summed E-state index contributed by atoms with van der Waals surface area (Å²) in [7, 11) is 0. The number of halogens is 1. The fraction of sp³-hybridized carbons (Fsp3) is 0.308. The first-order valence-electron chi connectivity index (χ1n) is 5.69. The van der Waals surface area contributed by atoms with Crippen molar-refractivity contribution in [1.29, 1.82) is 0 Å². The van der Waals surface area contributed by atoms with Gasteiger partial charge in [-0.15, -0.1) is 0 Å². The van der Waals surface area contributed by atoms with Crippen molar-refractivity contribution in [2.45, 2.75) is 19.6 Å². The highest BCUT2D eigenvalue weighted by Gasteiger charge is 2.07. The van der Waals surface area contributed by atoms with Crippen LogP contribution in [-0.4, -0.2) is 27.6 Å². The molecular weight excluding hydrogens is 296 g/mol. The standard InChI is InChI=1S/C13H15BrN2O2/c1-10-2-4-13(5-3-10)18-9-12(17)8-16-7-11(14)6-15-16/h2-7,12,17H,8-9H2,1H3/t12-/m1/s1. The summed E-state index contributed by atoms with van der Waals surface area (Å²) in [6.07, 6.45) is 2.92. The molecule has 5 heteroatoms. The van der Waals surface area contributed by atoms with E-state index in [1.54, 1.807) is 10.9 Å². The van der Waals surface area contributed by atoms with Crippen LogP contribution in [0, 0.1) is 6.92 Å². The lowest BCUT2D eigenvalue weighted by Gasteiger charge is -2.12.